The molecular weight excluding hydrogens is 198 g/mol. The molecule has 1 nitrogen and oxygen atoms in total. The lowest BCUT2D eigenvalue weighted by Gasteiger charge is -2.24. The van der Waals surface area contributed by atoms with Gasteiger partial charge in [-0.15, -0.1) is 0 Å². The van der Waals surface area contributed by atoms with Crippen molar-refractivity contribution in [2.45, 2.75) is 32.3 Å². The maximum Gasteiger partial charge on any atom is 0.345 e. The Morgan fingerprint density at radius 1 is 1.33 bits per heavy atom. The number of benzene rings is 1. The molecule has 3 heteroatoms. The van der Waals surface area contributed by atoms with E-state index in [4.69, 9.17) is 0 Å². The Hall–Kier alpha value is -0.960. The van der Waals surface area contributed by atoms with Gasteiger partial charge in [0.05, 0.1) is 6.61 Å². The van der Waals surface area contributed by atoms with Crippen LogP contribution < -0.4 is 0 Å². The van der Waals surface area contributed by atoms with Gasteiger partial charge in [0.1, 0.15) is 0 Å². The van der Waals surface area contributed by atoms with Crippen LogP contribution in [0, 0.1) is 6.07 Å². The van der Waals surface area contributed by atoms with Gasteiger partial charge in [-0.05, 0) is 23.5 Å². The van der Waals surface area contributed by atoms with E-state index in [1.165, 1.54) is 0 Å². The van der Waals surface area contributed by atoms with Crippen molar-refractivity contribution in [3.8, 4) is 0 Å². The molecule has 0 saturated heterocycles. The van der Waals surface area contributed by atoms with Crippen molar-refractivity contribution in [2.75, 3.05) is 6.61 Å². The van der Waals surface area contributed by atoms with E-state index in [1.807, 2.05) is 38.1 Å². The summed E-state index contributed by atoms with van der Waals surface area (Å²) >= 11 is 0. The molecule has 0 heterocycles. The summed E-state index contributed by atoms with van der Waals surface area (Å²) in [6.45, 7) is 1.42. The van der Waals surface area contributed by atoms with Crippen molar-refractivity contribution in [1.29, 1.82) is 0 Å². The summed E-state index contributed by atoms with van der Waals surface area (Å²) in [5, 5.41) is 0. The Morgan fingerprint density at radius 3 is 2.47 bits per heavy atom. The third-order valence-electron chi connectivity index (χ3n) is 2.47. The summed E-state index contributed by atoms with van der Waals surface area (Å²) in [5.41, 5.74) is 0.961. The SMILES string of the molecule is CC(C)(CCOC(F)F)c1cc[c]cc1. The summed E-state index contributed by atoms with van der Waals surface area (Å²) in [6, 6.07) is 10.5. The minimum absolute atomic E-state index is 0.0727. The van der Waals surface area contributed by atoms with Crippen molar-refractivity contribution in [3.63, 3.8) is 0 Å². The highest BCUT2D eigenvalue weighted by Gasteiger charge is 2.20. The molecule has 0 atom stereocenters. The van der Waals surface area contributed by atoms with Crippen LogP contribution in [0.15, 0.2) is 24.3 Å². The van der Waals surface area contributed by atoms with Gasteiger partial charge in [-0.3, -0.25) is 0 Å². The van der Waals surface area contributed by atoms with E-state index in [0.717, 1.165) is 5.56 Å². The molecule has 0 aliphatic rings. The highest BCUT2D eigenvalue weighted by Crippen LogP contribution is 2.26. The van der Waals surface area contributed by atoms with E-state index in [-0.39, 0.29) is 12.0 Å². The minimum Gasteiger partial charge on any atom is -0.323 e. The molecule has 1 radical (unpaired) electrons. The molecule has 0 N–H and O–H groups in total. The lowest BCUT2D eigenvalue weighted by molar-refractivity contribution is -0.131. The molecule has 0 saturated carbocycles. The van der Waals surface area contributed by atoms with Crippen molar-refractivity contribution in [3.05, 3.63) is 35.9 Å². The fourth-order valence-electron chi connectivity index (χ4n) is 1.39. The zero-order valence-corrected chi connectivity index (χ0v) is 8.97. The minimum atomic E-state index is -2.68. The molecule has 15 heavy (non-hydrogen) atoms. The summed E-state index contributed by atoms with van der Waals surface area (Å²) in [6.07, 6.45) is 0.571. The van der Waals surface area contributed by atoms with Crippen LogP contribution in [0.25, 0.3) is 0 Å². The molecule has 0 spiro atoms. The Labute approximate surface area is 89.1 Å². The van der Waals surface area contributed by atoms with Gasteiger partial charge in [0.25, 0.3) is 0 Å². The first-order chi connectivity index (χ1) is 7.02. The second-order valence-corrected chi connectivity index (χ2v) is 4.05. The van der Waals surface area contributed by atoms with Crippen molar-refractivity contribution >= 4 is 0 Å². The smallest absolute Gasteiger partial charge is 0.323 e. The summed E-state index contributed by atoms with van der Waals surface area (Å²) in [4.78, 5) is 0. The standard InChI is InChI=1S/C12H15F2O/c1-12(2,8-9-15-11(13)14)10-6-4-3-5-7-10/h4-7,11H,8-9H2,1-2H3. The second kappa shape index (κ2) is 5.21. The van der Waals surface area contributed by atoms with Gasteiger partial charge >= 0.3 is 6.61 Å². The first-order valence-electron chi connectivity index (χ1n) is 4.89. The van der Waals surface area contributed by atoms with Gasteiger partial charge in [0.2, 0.25) is 0 Å². The highest BCUT2D eigenvalue weighted by atomic mass is 19.3. The third kappa shape index (κ3) is 3.96. The number of rotatable bonds is 5. The van der Waals surface area contributed by atoms with Crippen LogP contribution in [0.5, 0.6) is 0 Å². The van der Waals surface area contributed by atoms with Gasteiger partial charge in [-0.25, -0.2) is 0 Å². The summed E-state index contributed by atoms with van der Waals surface area (Å²) in [7, 11) is 0. The van der Waals surface area contributed by atoms with Crippen LogP contribution in [0.4, 0.5) is 8.78 Å². The molecule has 0 amide bonds. The molecule has 0 aromatic heterocycles. The highest BCUT2D eigenvalue weighted by molar-refractivity contribution is 5.22. The van der Waals surface area contributed by atoms with Crippen molar-refractivity contribution in [2.24, 2.45) is 0 Å². The van der Waals surface area contributed by atoms with Crippen LogP contribution in [0.3, 0.4) is 0 Å². The Morgan fingerprint density at radius 2 is 1.93 bits per heavy atom. The first kappa shape index (κ1) is 12.1. The normalized spacial score (nSPS) is 12.1. The predicted molar refractivity (Wildman–Crippen MR) is 54.9 cm³/mol. The van der Waals surface area contributed by atoms with Crippen LogP contribution in [0.2, 0.25) is 0 Å². The van der Waals surface area contributed by atoms with Gasteiger partial charge in [-0.2, -0.15) is 8.78 Å². The van der Waals surface area contributed by atoms with E-state index in [0.29, 0.717) is 6.42 Å². The molecule has 0 aliphatic heterocycles. The molecule has 83 valence electrons. The quantitative estimate of drug-likeness (QED) is 0.728. The summed E-state index contributed by atoms with van der Waals surface area (Å²) < 4.78 is 27.8. The van der Waals surface area contributed by atoms with Crippen LogP contribution in [-0.2, 0) is 10.2 Å². The molecule has 1 rings (SSSR count). The molecule has 0 bridgehead atoms. The second-order valence-electron chi connectivity index (χ2n) is 4.05. The zero-order chi connectivity index (χ0) is 11.3. The average Bonchev–Trinajstić information content (AvgIpc) is 2.18. The fourth-order valence-corrected chi connectivity index (χ4v) is 1.39. The number of halogens is 2. The number of hydrogen-bond acceptors (Lipinski definition) is 1. The number of ether oxygens (including phenoxy) is 1. The lowest BCUT2D eigenvalue weighted by Crippen LogP contribution is -2.20. The van der Waals surface area contributed by atoms with Crippen LogP contribution in [-0.4, -0.2) is 13.2 Å². The van der Waals surface area contributed by atoms with Gasteiger partial charge < -0.3 is 4.74 Å². The Kier molecular flexibility index (Phi) is 4.21. The van der Waals surface area contributed by atoms with E-state index < -0.39 is 6.61 Å². The average molecular weight is 213 g/mol. The molecule has 0 unspecified atom stereocenters. The molecule has 1 aromatic rings. The number of hydrogen-bond donors (Lipinski definition) is 0. The Bertz CT molecular complexity index is 283. The van der Waals surface area contributed by atoms with Gasteiger partial charge in [0, 0.05) is 0 Å². The van der Waals surface area contributed by atoms with Gasteiger partial charge in [-0.1, -0.05) is 38.1 Å². The summed E-state index contributed by atoms with van der Waals surface area (Å²) in [5.74, 6) is 0. The van der Waals surface area contributed by atoms with E-state index in [1.54, 1.807) is 0 Å². The van der Waals surface area contributed by atoms with Gasteiger partial charge in [0.15, 0.2) is 0 Å². The largest absolute Gasteiger partial charge is 0.345 e. The maximum absolute atomic E-state index is 11.8. The van der Waals surface area contributed by atoms with Crippen LogP contribution in [0.1, 0.15) is 25.8 Å². The topological polar surface area (TPSA) is 9.23 Å². The van der Waals surface area contributed by atoms with E-state index in [9.17, 15) is 8.78 Å². The van der Waals surface area contributed by atoms with E-state index >= 15 is 0 Å². The molecule has 1 aromatic carbocycles. The Balaban J connectivity index is 2.52. The first-order valence-corrected chi connectivity index (χ1v) is 4.89. The fraction of sp³-hybridized carbons (Fsp3) is 0.500. The molecular formula is C12H15F2O. The number of alkyl halides is 2. The molecule has 0 fully saturated rings. The lowest BCUT2D eigenvalue weighted by atomic mass is 9.82. The monoisotopic (exact) mass is 213 g/mol. The maximum atomic E-state index is 11.8. The van der Waals surface area contributed by atoms with Crippen molar-refractivity contribution in [1.82, 2.24) is 0 Å². The zero-order valence-electron chi connectivity index (χ0n) is 8.97. The van der Waals surface area contributed by atoms with Crippen LogP contribution >= 0.6 is 0 Å². The third-order valence-corrected chi connectivity index (χ3v) is 2.47. The van der Waals surface area contributed by atoms with Crippen molar-refractivity contribution < 1.29 is 13.5 Å². The predicted octanol–water partition coefficient (Wildman–Crippen LogP) is 3.39. The van der Waals surface area contributed by atoms with E-state index in [2.05, 4.69) is 10.8 Å². The molecule has 0 aliphatic carbocycles.